The van der Waals surface area contributed by atoms with E-state index in [0.717, 1.165) is 21.9 Å². The minimum absolute atomic E-state index is 0.243. The monoisotopic (exact) mass is 343 g/mol. The molecule has 0 spiro atoms. The molecule has 0 unspecified atom stereocenters. The van der Waals surface area contributed by atoms with Crippen LogP contribution in [0.15, 0.2) is 71.6 Å². The standard InChI is InChI=1S/C18H14ClNO2S/c19-17-14-10-4-6-12-7-5-11-15(16(12)14)18(17)20-23(21,22)13-8-2-1-3-9-13/h1-11,17-18,20H/t17-,18+/m0/s1. The predicted molar refractivity (Wildman–Crippen MR) is 92.0 cm³/mol. The molecule has 0 bridgehead atoms. The topological polar surface area (TPSA) is 46.2 Å². The summed E-state index contributed by atoms with van der Waals surface area (Å²) >= 11 is 6.58. The molecule has 0 heterocycles. The van der Waals surface area contributed by atoms with Crippen LogP contribution in [0.25, 0.3) is 10.8 Å². The first-order chi connectivity index (χ1) is 11.1. The van der Waals surface area contributed by atoms with Crippen molar-refractivity contribution in [2.45, 2.75) is 16.3 Å². The normalized spacial score (nSPS) is 20.0. The minimum atomic E-state index is -3.63. The molecule has 0 saturated heterocycles. The smallest absolute Gasteiger partial charge is 0.207 e. The molecular weight excluding hydrogens is 330 g/mol. The highest BCUT2D eigenvalue weighted by Gasteiger charge is 2.35. The number of alkyl halides is 1. The van der Waals surface area contributed by atoms with Crippen molar-refractivity contribution < 1.29 is 8.42 Å². The van der Waals surface area contributed by atoms with Crippen LogP contribution >= 0.6 is 11.6 Å². The minimum Gasteiger partial charge on any atom is -0.207 e. The van der Waals surface area contributed by atoms with Gasteiger partial charge in [-0.25, -0.2) is 13.1 Å². The third kappa shape index (κ3) is 2.34. The molecule has 0 aromatic heterocycles. The Morgan fingerprint density at radius 1 is 0.826 bits per heavy atom. The van der Waals surface area contributed by atoms with E-state index < -0.39 is 21.4 Å². The molecule has 1 aliphatic rings. The van der Waals surface area contributed by atoms with Gasteiger partial charge in [-0.2, -0.15) is 0 Å². The van der Waals surface area contributed by atoms with Gasteiger partial charge in [-0.3, -0.25) is 0 Å². The van der Waals surface area contributed by atoms with Crippen molar-refractivity contribution in [3.05, 3.63) is 77.9 Å². The Morgan fingerprint density at radius 2 is 1.48 bits per heavy atom. The second-order valence-corrected chi connectivity index (χ2v) is 7.79. The molecule has 1 aliphatic carbocycles. The molecule has 116 valence electrons. The molecular formula is C18H14ClNO2S. The molecule has 0 fully saturated rings. The third-order valence-corrected chi connectivity index (χ3v) is 6.17. The zero-order chi connectivity index (χ0) is 16.0. The maximum Gasteiger partial charge on any atom is 0.241 e. The Labute approximate surface area is 140 Å². The van der Waals surface area contributed by atoms with E-state index >= 15 is 0 Å². The van der Waals surface area contributed by atoms with E-state index in [4.69, 9.17) is 11.6 Å². The molecule has 1 N–H and O–H groups in total. The van der Waals surface area contributed by atoms with E-state index in [9.17, 15) is 8.42 Å². The quantitative estimate of drug-likeness (QED) is 0.726. The van der Waals surface area contributed by atoms with E-state index in [1.807, 2.05) is 36.4 Å². The number of halogens is 1. The number of nitrogens with one attached hydrogen (secondary N) is 1. The number of rotatable bonds is 3. The van der Waals surface area contributed by atoms with Crippen molar-refractivity contribution in [1.29, 1.82) is 0 Å². The van der Waals surface area contributed by atoms with Crippen molar-refractivity contribution in [2.75, 3.05) is 0 Å². The maximum atomic E-state index is 12.6. The molecule has 3 aromatic rings. The molecule has 0 amide bonds. The van der Waals surface area contributed by atoms with Crippen LogP contribution in [-0.2, 0) is 10.0 Å². The summed E-state index contributed by atoms with van der Waals surface area (Å²) < 4.78 is 28.0. The summed E-state index contributed by atoms with van der Waals surface area (Å²) in [5, 5.41) is 1.71. The summed E-state index contributed by atoms with van der Waals surface area (Å²) in [5.41, 5.74) is 1.90. The van der Waals surface area contributed by atoms with Gasteiger partial charge < -0.3 is 0 Å². The lowest BCUT2D eigenvalue weighted by Crippen LogP contribution is -2.29. The van der Waals surface area contributed by atoms with Crippen LogP contribution in [0.1, 0.15) is 22.5 Å². The average molecular weight is 344 g/mol. The summed E-state index contributed by atoms with van der Waals surface area (Å²) in [7, 11) is -3.63. The second-order valence-electron chi connectivity index (χ2n) is 5.61. The molecule has 0 saturated carbocycles. The van der Waals surface area contributed by atoms with Crippen molar-refractivity contribution in [3.63, 3.8) is 0 Å². The molecule has 0 aliphatic heterocycles. The van der Waals surface area contributed by atoms with Crippen molar-refractivity contribution in [1.82, 2.24) is 4.72 Å². The second kappa shape index (κ2) is 5.34. The van der Waals surface area contributed by atoms with E-state index in [2.05, 4.69) is 4.72 Å². The van der Waals surface area contributed by atoms with Gasteiger partial charge in [-0.05, 0) is 34.0 Å². The largest absolute Gasteiger partial charge is 0.241 e. The average Bonchev–Trinajstić information content (AvgIpc) is 2.84. The zero-order valence-electron chi connectivity index (χ0n) is 12.1. The predicted octanol–water partition coefficient (Wildman–Crippen LogP) is 4.15. The Morgan fingerprint density at radius 3 is 2.17 bits per heavy atom. The van der Waals surface area contributed by atoms with Crippen LogP contribution in [0, 0.1) is 0 Å². The molecule has 0 radical (unpaired) electrons. The van der Waals surface area contributed by atoms with E-state index in [-0.39, 0.29) is 4.90 Å². The Kier molecular flexibility index (Phi) is 3.41. The number of hydrogen-bond acceptors (Lipinski definition) is 2. The van der Waals surface area contributed by atoms with Crippen LogP contribution in [0.2, 0.25) is 0 Å². The first kappa shape index (κ1) is 14.7. The van der Waals surface area contributed by atoms with Crippen LogP contribution in [0.3, 0.4) is 0 Å². The molecule has 3 aromatic carbocycles. The van der Waals surface area contributed by atoms with Gasteiger partial charge in [0.15, 0.2) is 0 Å². The Balaban J connectivity index is 1.79. The van der Waals surface area contributed by atoms with Crippen LogP contribution < -0.4 is 4.72 Å². The summed E-state index contributed by atoms with van der Waals surface area (Å²) in [5.74, 6) is 0. The van der Waals surface area contributed by atoms with Gasteiger partial charge >= 0.3 is 0 Å². The first-order valence-corrected chi connectivity index (χ1v) is 9.23. The maximum absolute atomic E-state index is 12.6. The lowest BCUT2D eigenvalue weighted by molar-refractivity contribution is 0.556. The molecule has 3 nitrogen and oxygen atoms in total. The van der Waals surface area contributed by atoms with Gasteiger partial charge in [0.05, 0.1) is 16.3 Å². The lowest BCUT2D eigenvalue weighted by atomic mass is 10.1. The molecule has 2 atom stereocenters. The Bertz CT molecular complexity index is 981. The van der Waals surface area contributed by atoms with E-state index in [1.54, 1.807) is 30.3 Å². The molecule has 23 heavy (non-hydrogen) atoms. The number of hydrogen-bond donors (Lipinski definition) is 1. The highest BCUT2D eigenvalue weighted by molar-refractivity contribution is 7.89. The van der Waals surface area contributed by atoms with Gasteiger partial charge in [0, 0.05) is 0 Å². The van der Waals surface area contributed by atoms with Crippen molar-refractivity contribution in [2.24, 2.45) is 0 Å². The van der Waals surface area contributed by atoms with Gasteiger partial charge in [0.1, 0.15) is 0 Å². The lowest BCUT2D eigenvalue weighted by Gasteiger charge is -2.18. The van der Waals surface area contributed by atoms with Gasteiger partial charge in [-0.15, -0.1) is 11.6 Å². The van der Waals surface area contributed by atoms with E-state index in [0.29, 0.717) is 0 Å². The fraction of sp³-hybridized carbons (Fsp3) is 0.111. The first-order valence-electron chi connectivity index (χ1n) is 7.31. The summed E-state index contributed by atoms with van der Waals surface area (Å²) in [6.45, 7) is 0. The van der Waals surface area contributed by atoms with E-state index in [1.165, 1.54) is 0 Å². The van der Waals surface area contributed by atoms with Crippen molar-refractivity contribution >= 4 is 32.4 Å². The van der Waals surface area contributed by atoms with Gasteiger partial charge in [-0.1, -0.05) is 54.6 Å². The third-order valence-electron chi connectivity index (χ3n) is 4.23. The number of sulfonamides is 1. The summed E-state index contributed by atoms with van der Waals surface area (Å²) in [4.78, 5) is 0.243. The number of benzene rings is 3. The Hall–Kier alpha value is -1.88. The highest BCUT2D eigenvalue weighted by Crippen LogP contribution is 2.47. The summed E-state index contributed by atoms with van der Waals surface area (Å²) in [6, 6.07) is 19.7. The van der Waals surface area contributed by atoms with Crippen molar-refractivity contribution in [3.8, 4) is 0 Å². The SMILES string of the molecule is O=S(=O)(N[C@@H]1c2cccc3cccc(c23)[C@@H]1Cl)c1ccccc1. The van der Waals surface area contributed by atoms with Gasteiger partial charge in [0.2, 0.25) is 10.0 Å². The van der Waals surface area contributed by atoms with Crippen LogP contribution in [0.5, 0.6) is 0 Å². The summed E-state index contributed by atoms with van der Waals surface area (Å²) in [6.07, 6.45) is 0. The van der Waals surface area contributed by atoms with Crippen LogP contribution in [-0.4, -0.2) is 8.42 Å². The fourth-order valence-electron chi connectivity index (χ4n) is 3.18. The fourth-order valence-corrected chi connectivity index (χ4v) is 4.89. The highest BCUT2D eigenvalue weighted by atomic mass is 35.5. The zero-order valence-corrected chi connectivity index (χ0v) is 13.7. The molecule has 5 heteroatoms. The molecule has 4 rings (SSSR count). The van der Waals surface area contributed by atoms with Gasteiger partial charge in [0.25, 0.3) is 0 Å². The van der Waals surface area contributed by atoms with Crippen LogP contribution in [0.4, 0.5) is 0 Å².